The van der Waals surface area contributed by atoms with Gasteiger partial charge in [-0.25, -0.2) is 0 Å². The predicted molar refractivity (Wildman–Crippen MR) is 260 cm³/mol. The number of hydrogen-bond acceptors (Lipinski definition) is 24. The van der Waals surface area contributed by atoms with E-state index in [1.165, 1.54) is 58.3 Å². The van der Waals surface area contributed by atoms with Crippen LogP contribution in [0.4, 0.5) is 58.4 Å². The van der Waals surface area contributed by atoms with Crippen molar-refractivity contribution in [1.82, 2.24) is 29.9 Å². The summed E-state index contributed by atoms with van der Waals surface area (Å²) in [7, 11) is -19.3. The molecular weight excluding hydrogens is 1030 g/mol. The van der Waals surface area contributed by atoms with Crippen LogP contribution in [0, 0.1) is 0 Å². The average Bonchev–Trinajstić information content (AvgIpc) is 3.30. The topological polar surface area (TPSA) is 430 Å². The first-order valence-corrected chi connectivity index (χ1v) is 26.3. The van der Waals surface area contributed by atoms with Crippen molar-refractivity contribution in [2.24, 2.45) is 0 Å². The number of hydrogen-bond donors (Lipinski definition) is 12. The summed E-state index contributed by atoms with van der Waals surface area (Å²) in [5, 5.41) is 49.7. The maximum absolute atomic E-state index is 12.8. The van der Waals surface area contributed by atoms with Crippen molar-refractivity contribution in [1.29, 1.82) is 0 Å². The molecule has 6 aromatic rings. The zero-order valence-electron chi connectivity index (χ0n) is 36.9. The van der Waals surface area contributed by atoms with E-state index in [0.29, 0.717) is 0 Å². The first-order chi connectivity index (χ1) is 34.0. The van der Waals surface area contributed by atoms with E-state index >= 15 is 0 Å². The van der Waals surface area contributed by atoms with Crippen LogP contribution in [0.5, 0.6) is 0 Å². The molecule has 0 saturated carbocycles. The fourth-order valence-electron chi connectivity index (χ4n) is 6.45. The van der Waals surface area contributed by atoms with Gasteiger partial charge in [0.15, 0.2) is 0 Å². The molecule has 2 heterocycles. The van der Waals surface area contributed by atoms with Gasteiger partial charge < -0.3 is 51.5 Å². The van der Waals surface area contributed by atoms with Gasteiger partial charge in [-0.1, -0.05) is 36.4 Å². The summed E-state index contributed by atoms with van der Waals surface area (Å²) < 4.78 is 138. The van der Waals surface area contributed by atoms with Crippen LogP contribution in [-0.2, 0) is 40.5 Å². The molecule has 384 valence electrons. The molecule has 32 heteroatoms. The maximum atomic E-state index is 12.8. The molecule has 72 heavy (non-hydrogen) atoms. The van der Waals surface area contributed by atoms with Gasteiger partial charge in [0.25, 0.3) is 40.5 Å². The third-order valence-electron chi connectivity index (χ3n) is 9.61. The average molecular weight is 1080 g/mol. The van der Waals surface area contributed by atoms with E-state index in [-0.39, 0.29) is 95.7 Å². The minimum absolute atomic E-state index is 0.0384. The number of aliphatic hydroxyl groups is 4. The minimum Gasteiger partial charge on any atom is -0.395 e. The summed E-state index contributed by atoms with van der Waals surface area (Å²) in [5.41, 5.74) is -0.244. The highest BCUT2D eigenvalue weighted by Crippen LogP contribution is 2.30. The molecule has 0 aliphatic rings. The van der Waals surface area contributed by atoms with E-state index in [2.05, 4.69) is 51.2 Å². The van der Waals surface area contributed by atoms with Crippen LogP contribution >= 0.6 is 0 Å². The van der Waals surface area contributed by atoms with E-state index in [9.17, 15) is 72.3 Å². The SMILES string of the molecule is O=S(=O)(O)c1cccc(Nc2nc(Nc3ccc(/C=C\c4ccc(Nc5nc(Nc6cccc(S(=O)(=O)O)c6)nc(N(CCO)CCO)n5)cc4S(=O)(=O)O)c(S(=O)(=O)O)c3)nc(N(CCO)CCO)n2)c1. The molecule has 2 aromatic heterocycles. The molecule has 0 spiro atoms. The van der Waals surface area contributed by atoms with E-state index in [1.807, 2.05) is 0 Å². The van der Waals surface area contributed by atoms with Crippen molar-refractivity contribution in [3.8, 4) is 0 Å². The van der Waals surface area contributed by atoms with Crippen molar-refractivity contribution in [2.75, 3.05) is 83.7 Å². The molecule has 4 aromatic carbocycles. The Morgan fingerprint density at radius 1 is 0.403 bits per heavy atom. The molecule has 0 atom stereocenters. The molecule has 12 N–H and O–H groups in total. The van der Waals surface area contributed by atoms with E-state index in [0.717, 1.165) is 48.6 Å². The highest BCUT2D eigenvalue weighted by atomic mass is 32.2. The summed E-state index contributed by atoms with van der Waals surface area (Å²) in [6, 6.07) is 17.0. The number of nitrogens with zero attached hydrogens (tertiary/aromatic N) is 8. The summed E-state index contributed by atoms with van der Waals surface area (Å²) in [6.07, 6.45) is 2.25. The highest BCUT2D eigenvalue weighted by molar-refractivity contribution is 7.86. The van der Waals surface area contributed by atoms with Crippen molar-refractivity contribution >= 4 is 111 Å². The van der Waals surface area contributed by atoms with Crippen LogP contribution in [0.2, 0.25) is 0 Å². The standard InChI is InChI=1S/C40H44N12O16S4/c53-17-13-51(14-18-54)39-47-35(41-27-3-1-5-31(21-27)69(57,58)59)45-37(49-39)43-29-11-9-25(33(23-29)71(63,64)65)7-8-26-10-12-30(24-34(26)72(66,67)68)44-38-46-36(48-40(50-38)52(15-19-55)16-20-56)42-28-4-2-6-32(22-28)70(60,61)62/h1-12,21-24,53-56H,13-20H2,(H,57,58,59)(H,60,61,62)(H,63,64,65)(H,66,67,68)(H2,41,43,45,47,49)(H2,42,44,46,48,50)/b8-7-. The number of aromatic nitrogens is 6. The molecule has 0 bridgehead atoms. The maximum Gasteiger partial charge on any atom is 0.295 e. The lowest BCUT2D eigenvalue weighted by Gasteiger charge is -2.21. The molecular formula is C40H44N12O16S4. The van der Waals surface area contributed by atoms with Gasteiger partial charge in [0.1, 0.15) is 9.79 Å². The second kappa shape index (κ2) is 23.0. The van der Waals surface area contributed by atoms with E-state index < -0.39 is 86.5 Å². The van der Waals surface area contributed by atoms with Crippen LogP contribution < -0.4 is 31.1 Å². The van der Waals surface area contributed by atoms with Crippen LogP contribution in [-0.4, -0.2) is 155 Å². The highest BCUT2D eigenvalue weighted by Gasteiger charge is 2.21. The number of nitrogens with one attached hydrogen (secondary N) is 4. The Balaban J connectivity index is 1.33. The zero-order valence-corrected chi connectivity index (χ0v) is 40.2. The molecule has 0 amide bonds. The molecule has 0 fully saturated rings. The Labute approximate surface area is 410 Å². The van der Waals surface area contributed by atoms with Crippen molar-refractivity contribution in [3.05, 3.63) is 96.1 Å². The normalized spacial score (nSPS) is 12.2. The predicted octanol–water partition coefficient (Wildman–Crippen LogP) is 1.77. The Morgan fingerprint density at radius 2 is 0.708 bits per heavy atom. The third-order valence-corrected chi connectivity index (χ3v) is 13.1. The van der Waals surface area contributed by atoms with E-state index in [1.54, 1.807) is 0 Å². The van der Waals surface area contributed by atoms with Crippen LogP contribution in [0.25, 0.3) is 12.2 Å². The second-order valence-corrected chi connectivity index (χ2v) is 20.4. The quantitative estimate of drug-likeness (QED) is 0.0303. The lowest BCUT2D eigenvalue weighted by Crippen LogP contribution is -2.31. The number of benzene rings is 4. The van der Waals surface area contributed by atoms with Crippen molar-refractivity contribution in [2.45, 2.75) is 19.6 Å². The van der Waals surface area contributed by atoms with Gasteiger partial charge in [0.05, 0.1) is 36.2 Å². The molecule has 0 unspecified atom stereocenters. The fraction of sp³-hybridized carbons (Fsp3) is 0.200. The molecule has 0 radical (unpaired) electrons. The fourth-order valence-corrected chi connectivity index (χ4v) is 8.93. The number of aliphatic hydroxyl groups excluding tert-OH is 4. The molecule has 6 rings (SSSR count). The molecule has 0 saturated heterocycles. The third kappa shape index (κ3) is 14.7. The largest absolute Gasteiger partial charge is 0.395 e. The molecule has 28 nitrogen and oxygen atoms in total. The van der Waals surface area contributed by atoms with Gasteiger partial charge in [-0.05, 0) is 71.8 Å². The number of anilines is 10. The Kier molecular flexibility index (Phi) is 17.3. The van der Waals surface area contributed by atoms with Crippen molar-refractivity contribution < 1.29 is 72.3 Å². The first-order valence-electron chi connectivity index (χ1n) is 20.6. The van der Waals surface area contributed by atoms with Gasteiger partial charge in [0.2, 0.25) is 35.7 Å². The summed E-state index contributed by atoms with van der Waals surface area (Å²) >= 11 is 0. The molecule has 0 aliphatic carbocycles. The molecule has 0 aliphatic heterocycles. The Hall–Kier alpha value is -7.08. The van der Waals surface area contributed by atoms with Gasteiger partial charge in [-0.3, -0.25) is 18.2 Å². The smallest absolute Gasteiger partial charge is 0.295 e. The van der Waals surface area contributed by atoms with Gasteiger partial charge >= 0.3 is 0 Å². The summed E-state index contributed by atoms with van der Waals surface area (Å²) in [4.78, 5) is 26.1. The zero-order chi connectivity index (χ0) is 52.4. The second-order valence-electron chi connectivity index (χ2n) is 14.7. The van der Waals surface area contributed by atoms with Gasteiger partial charge in [-0.15, -0.1) is 0 Å². The lowest BCUT2D eigenvalue weighted by molar-refractivity contribution is 0.279. The van der Waals surface area contributed by atoms with E-state index in [4.69, 9.17) is 0 Å². The van der Waals surface area contributed by atoms with Crippen LogP contribution in [0.15, 0.2) is 105 Å². The van der Waals surface area contributed by atoms with Crippen LogP contribution in [0.1, 0.15) is 11.1 Å². The summed E-state index contributed by atoms with van der Waals surface area (Å²) in [6.45, 7) is -1.83. The first kappa shape index (κ1) is 54.3. The van der Waals surface area contributed by atoms with Crippen LogP contribution in [0.3, 0.4) is 0 Å². The number of rotatable bonds is 24. The lowest BCUT2D eigenvalue weighted by atomic mass is 10.1. The summed E-state index contributed by atoms with van der Waals surface area (Å²) in [5.74, 6) is -1.18. The monoisotopic (exact) mass is 1080 g/mol. The van der Waals surface area contributed by atoms with Crippen molar-refractivity contribution in [3.63, 3.8) is 0 Å². The Morgan fingerprint density at radius 3 is 0.986 bits per heavy atom. The Bertz CT molecular complexity index is 3190. The minimum atomic E-state index is -5.04. The van der Waals surface area contributed by atoms with Gasteiger partial charge in [0, 0.05) is 48.9 Å². The van der Waals surface area contributed by atoms with Gasteiger partial charge in [-0.2, -0.15) is 63.6 Å².